The van der Waals surface area contributed by atoms with Crippen molar-refractivity contribution in [3.63, 3.8) is 0 Å². The summed E-state index contributed by atoms with van der Waals surface area (Å²) in [5, 5.41) is 3.32. The summed E-state index contributed by atoms with van der Waals surface area (Å²) in [4.78, 5) is 13.0. The highest BCUT2D eigenvalue weighted by molar-refractivity contribution is 6.34. The van der Waals surface area contributed by atoms with Gasteiger partial charge in [0.25, 0.3) is 0 Å². The van der Waals surface area contributed by atoms with Crippen LogP contribution in [-0.4, -0.2) is 71.4 Å². The second kappa shape index (κ2) is 10.3. The molecule has 14 heteroatoms. The average molecular weight is 627 g/mol. The zero-order chi connectivity index (χ0) is 30.3. The van der Waals surface area contributed by atoms with E-state index in [-0.39, 0.29) is 46.3 Å². The number of nitrogens with one attached hydrogen (secondary N) is 1. The summed E-state index contributed by atoms with van der Waals surface area (Å²) < 4.78 is 93.6. The van der Waals surface area contributed by atoms with Crippen LogP contribution < -0.4 is 20.7 Å². The number of fused-ring (bicyclic) bond motifs is 4. The Hall–Kier alpha value is -3.03. The Labute approximate surface area is 248 Å². The molecule has 2 unspecified atom stereocenters. The number of hydrogen-bond acceptors (Lipinski definition) is 7. The monoisotopic (exact) mass is 626 g/mol. The fourth-order valence-corrected chi connectivity index (χ4v) is 7.74. The van der Waals surface area contributed by atoms with Crippen LogP contribution in [0.2, 0.25) is 5.02 Å². The van der Waals surface area contributed by atoms with E-state index in [0.29, 0.717) is 37.9 Å². The lowest BCUT2D eigenvalue weighted by molar-refractivity contribution is -0.139. The van der Waals surface area contributed by atoms with Gasteiger partial charge in [0, 0.05) is 60.3 Å². The summed E-state index contributed by atoms with van der Waals surface area (Å²) in [5.74, 6) is -2.50. The number of nitrogens with zero attached hydrogens (tertiary/aromatic N) is 4. The van der Waals surface area contributed by atoms with Gasteiger partial charge >= 0.3 is 12.2 Å². The molecule has 0 radical (unpaired) electrons. The number of nitrogen functional groups attached to an aromatic ring is 1. The van der Waals surface area contributed by atoms with Crippen LogP contribution in [0.1, 0.15) is 37.7 Å². The number of ether oxygens (including phenoxy) is 1. The van der Waals surface area contributed by atoms with Gasteiger partial charge in [-0.3, -0.25) is 4.90 Å². The van der Waals surface area contributed by atoms with E-state index in [0.717, 1.165) is 38.3 Å². The standard InChI is InChI=1S/C29H29ClF6N6O/c30-20-8-19-25(24(33)22(20)18-6-15(37)7-21(32)23(18)29(34,35)36)39-27(40-26(19)41-11-16-2-3-17(12-41)38-16)43-13-28-4-1-5-42(28)10-14(31)9-28/h6-8,14,16-17,38H,1-5,9-13,37H2/t14-,16?,17?,28+/m1/s1. The molecule has 0 aliphatic carbocycles. The quantitative estimate of drug-likeness (QED) is 0.277. The summed E-state index contributed by atoms with van der Waals surface area (Å²) in [6.45, 7) is 2.25. The van der Waals surface area contributed by atoms with Crippen molar-refractivity contribution in [2.75, 3.05) is 43.4 Å². The second-order valence-electron chi connectivity index (χ2n) is 12.1. The molecule has 230 valence electrons. The summed E-state index contributed by atoms with van der Waals surface area (Å²) in [7, 11) is 0. The Bertz CT molecular complexity index is 1590. The zero-order valence-electron chi connectivity index (χ0n) is 23.0. The molecule has 2 bridgehead atoms. The predicted octanol–water partition coefficient (Wildman–Crippen LogP) is 5.73. The first-order chi connectivity index (χ1) is 20.4. The number of aromatic nitrogens is 2. The first kappa shape index (κ1) is 28.7. The van der Waals surface area contributed by atoms with Crippen LogP contribution in [0.25, 0.3) is 22.0 Å². The minimum Gasteiger partial charge on any atom is -0.461 e. The van der Waals surface area contributed by atoms with E-state index >= 15 is 4.39 Å². The van der Waals surface area contributed by atoms with E-state index in [1.165, 1.54) is 6.07 Å². The normalized spacial score (nSPS) is 27.3. The largest absolute Gasteiger partial charge is 0.461 e. The Morgan fingerprint density at radius 3 is 2.56 bits per heavy atom. The van der Waals surface area contributed by atoms with E-state index in [9.17, 15) is 22.0 Å². The van der Waals surface area contributed by atoms with Gasteiger partial charge in [-0.15, -0.1) is 0 Å². The molecule has 7 nitrogen and oxygen atoms in total. The molecule has 43 heavy (non-hydrogen) atoms. The number of benzene rings is 2. The number of alkyl halides is 4. The lowest BCUT2D eigenvalue weighted by atomic mass is 9.95. The van der Waals surface area contributed by atoms with Crippen LogP contribution in [0.15, 0.2) is 18.2 Å². The number of anilines is 2. The molecule has 3 aromatic rings. The summed E-state index contributed by atoms with van der Waals surface area (Å²) in [5.41, 5.74) is 1.30. The van der Waals surface area contributed by atoms with Crippen LogP contribution >= 0.6 is 11.6 Å². The van der Waals surface area contributed by atoms with Crippen molar-refractivity contribution >= 4 is 34.0 Å². The van der Waals surface area contributed by atoms with Gasteiger partial charge in [-0.25, -0.2) is 13.2 Å². The molecule has 0 amide bonds. The van der Waals surface area contributed by atoms with Gasteiger partial charge in [-0.05, 0) is 50.4 Å². The molecular formula is C29H29ClF6N6O. The van der Waals surface area contributed by atoms with Crippen LogP contribution in [0, 0.1) is 11.6 Å². The first-order valence-electron chi connectivity index (χ1n) is 14.3. The molecule has 0 saturated carbocycles. The van der Waals surface area contributed by atoms with E-state index in [1.807, 2.05) is 4.90 Å². The molecule has 5 heterocycles. The number of halogens is 7. The van der Waals surface area contributed by atoms with Crippen molar-refractivity contribution in [1.82, 2.24) is 20.2 Å². The third kappa shape index (κ3) is 4.93. The molecule has 4 aliphatic heterocycles. The summed E-state index contributed by atoms with van der Waals surface area (Å²) in [6.07, 6.45) is -2.33. The van der Waals surface area contributed by atoms with Gasteiger partial charge in [0.05, 0.1) is 16.1 Å². The molecule has 0 spiro atoms. The van der Waals surface area contributed by atoms with Crippen LogP contribution in [0.3, 0.4) is 0 Å². The zero-order valence-corrected chi connectivity index (χ0v) is 23.7. The maximum absolute atomic E-state index is 16.5. The maximum atomic E-state index is 16.5. The lowest BCUT2D eigenvalue weighted by Crippen LogP contribution is -2.51. The summed E-state index contributed by atoms with van der Waals surface area (Å²) in [6, 6.07) is 2.87. The minimum absolute atomic E-state index is 0.0753. The van der Waals surface area contributed by atoms with Crippen LogP contribution in [0.4, 0.5) is 37.8 Å². The molecule has 3 N–H and O–H groups in total. The van der Waals surface area contributed by atoms with Crippen molar-refractivity contribution in [1.29, 1.82) is 0 Å². The van der Waals surface area contributed by atoms with E-state index < -0.39 is 46.2 Å². The van der Waals surface area contributed by atoms with E-state index in [2.05, 4.69) is 20.2 Å². The Morgan fingerprint density at radius 1 is 1.09 bits per heavy atom. The number of rotatable bonds is 5. The predicted molar refractivity (Wildman–Crippen MR) is 150 cm³/mol. The number of piperazine rings is 1. The summed E-state index contributed by atoms with van der Waals surface area (Å²) >= 11 is 6.48. The maximum Gasteiger partial charge on any atom is 0.419 e. The highest BCUT2D eigenvalue weighted by atomic mass is 35.5. The first-order valence-corrected chi connectivity index (χ1v) is 14.7. The van der Waals surface area contributed by atoms with Gasteiger partial charge in [0.2, 0.25) is 0 Å². The number of hydrogen-bond donors (Lipinski definition) is 2. The molecule has 7 rings (SSSR count). The van der Waals surface area contributed by atoms with Crippen molar-refractivity contribution < 1.29 is 31.1 Å². The molecule has 4 atom stereocenters. The van der Waals surface area contributed by atoms with Crippen LogP contribution in [-0.2, 0) is 6.18 Å². The van der Waals surface area contributed by atoms with Gasteiger partial charge < -0.3 is 20.7 Å². The second-order valence-corrected chi connectivity index (χ2v) is 12.5. The third-order valence-corrected chi connectivity index (χ3v) is 9.55. The Morgan fingerprint density at radius 2 is 1.84 bits per heavy atom. The molecule has 2 aromatic carbocycles. The molecule has 4 fully saturated rings. The van der Waals surface area contributed by atoms with Gasteiger partial charge in [0.1, 0.15) is 29.9 Å². The highest BCUT2D eigenvalue weighted by Crippen LogP contribution is 2.46. The lowest BCUT2D eigenvalue weighted by Gasteiger charge is -2.34. The smallest absolute Gasteiger partial charge is 0.419 e. The molecular weight excluding hydrogens is 598 g/mol. The number of nitrogens with two attached hydrogens (primary N) is 1. The molecule has 4 saturated heterocycles. The van der Waals surface area contributed by atoms with E-state index in [4.69, 9.17) is 22.1 Å². The molecule has 1 aromatic heterocycles. The van der Waals surface area contributed by atoms with E-state index in [1.54, 1.807) is 0 Å². The van der Waals surface area contributed by atoms with Crippen molar-refractivity contribution in [2.45, 2.75) is 62.1 Å². The van der Waals surface area contributed by atoms with Crippen molar-refractivity contribution in [3.05, 3.63) is 40.4 Å². The van der Waals surface area contributed by atoms with Gasteiger partial charge in [-0.2, -0.15) is 23.1 Å². The average Bonchev–Trinajstić information content (AvgIpc) is 3.56. The van der Waals surface area contributed by atoms with Crippen molar-refractivity contribution in [3.8, 4) is 17.1 Å². The topological polar surface area (TPSA) is 79.5 Å². The van der Waals surface area contributed by atoms with Crippen LogP contribution in [0.5, 0.6) is 6.01 Å². The fraction of sp³-hybridized carbons (Fsp3) is 0.517. The third-order valence-electron chi connectivity index (χ3n) is 9.25. The van der Waals surface area contributed by atoms with Gasteiger partial charge in [-0.1, -0.05) is 11.6 Å². The molecule has 4 aliphatic rings. The van der Waals surface area contributed by atoms with Gasteiger partial charge in [0.15, 0.2) is 5.82 Å². The SMILES string of the molecule is Nc1cc(F)c(C(F)(F)F)c(-c2c(Cl)cc3c(N4CC5CCC(C4)N5)nc(OC[C@@]45CCCN4C[C@H](F)C5)nc3c2F)c1. The minimum atomic E-state index is -5.16. The Balaban J connectivity index is 1.38. The highest BCUT2D eigenvalue weighted by Gasteiger charge is 2.49. The Kier molecular flexibility index (Phi) is 6.86. The van der Waals surface area contributed by atoms with Crippen molar-refractivity contribution in [2.24, 2.45) is 0 Å². The fourth-order valence-electron chi connectivity index (χ4n) is 7.44.